The molecule has 2 saturated heterocycles. The van der Waals surface area contributed by atoms with Crippen molar-refractivity contribution in [3.8, 4) is 0 Å². The van der Waals surface area contributed by atoms with E-state index in [1.165, 1.54) is 12.7 Å². The number of nitrogens with zero attached hydrogens (tertiary/aromatic N) is 3. The third kappa shape index (κ3) is 2.98. The fourth-order valence-electron chi connectivity index (χ4n) is 3.07. The Hall–Kier alpha value is -1.54. The maximum absolute atomic E-state index is 13.7. The molecule has 1 amide bonds. The average molecular weight is 315 g/mol. The number of likely N-dealkylation sites (tertiary alicyclic amines) is 2. The van der Waals surface area contributed by atoms with Gasteiger partial charge in [-0.1, -0.05) is 0 Å². The molecule has 3 rings (SSSR count). The molecular weight excluding hydrogens is 296 g/mol. The summed E-state index contributed by atoms with van der Waals surface area (Å²) in [6, 6.07) is -0.334. The van der Waals surface area contributed by atoms with Crippen molar-refractivity contribution in [1.82, 2.24) is 14.8 Å². The Morgan fingerprint density at radius 3 is 2.95 bits per heavy atom. The van der Waals surface area contributed by atoms with Crippen molar-refractivity contribution in [2.45, 2.75) is 31.4 Å². The Balaban J connectivity index is 1.57. The molecule has 0 aromatic carbocycles. The number of halogens is 2. The van der Waals surface area contributed by atoms with Crippen molar-refractivity contribution >= 4 is 5.91 Å². The second-order valence-corrected chi connectivity index (χ2v) is 5.78. The number of rotatable bonds is 5. The molecule has 122 valence electrons. The Labute approximate surface area is 127 Å². The number of carbonyl (C=O) groups is 1. The molecule has 1 aromatic rings. The van der Waals surface area contributed by atoms with Crippen LogP contribution in [0.1, 0.15) is 23.8 Å². The van der Waals surface area contributed by atoms with E-state index in [1.54, 1.807) is 9.80 Å². The summed E-state index contributed by atoms with van der Waals surface area (Å²) in [5, 5.41) is 0. The van der Waals surface area contributed by atoms with Crippen molar-refractivity contribution in [3.63, 3.8) is 0 Å². The number of hydrogen-bond donors (Lipinski definition) is 0. The first-order chi connectivity index (χ1) is 10.5. The molecular formula is C14H19F2N3O3. The summed E-state index contributed by atoms with van der Waals surface area (Å²) in [5.41, 5.74) is 0.246. The van der Waals surface area contributed by atoms with Gasteiger partial charge in [-0.05, 0) is 6.92 Å². The van der Waals surface area contributed by atoms with E-state index in [0.29, 0.717) is 26.3 Å². The lowest BCUT2D eigenvalue weighted by molar-refractivity contribution is -0.0150. The highest BCUT2D eigenvalue weighted by Crippen LogP contribution is 2.35. The van der Waals surface area contributed by atoms with Crippen LogP contribution in [-0.4, -0.2) is 71.5 Å². The molecule has 2 fully saturated rings. The van der Waals surface area contributed by atoms with Gasteiger partial charge < -0.3 is 14.1 Å². The predicted octanol–water partition coefficient (Wildman–Crippen LogP) is 1.25. The van der Waals surface area contributed by atoms with Crippen LogP contribution in [0.15, 0.2) is 17.1 Å². The van der Waals surface area contributed by atoms with Crippen LogP contribution in [0.4, 0.5) is 8.78 Å². The molecule has 8 heteroatoms. The quantitative estimate of drug-likeness (QED) is 0.818. The van der Waals surface area contributed by atoms with E-state index < -0.39 is 5.92 Å². The van der Waals surface area contributed by atoms with Crippen molar-refractivity contribution in [3.05, 3.63) is 18.4 Å². The van der Waals surface area contributed by atoms with E-state index in [9.17, 15) is 13.6 Å². The summed E-state index contributed by atoms with van der Waals surface area (Å²) in [6.45, 7) is 3.27. The van der Waals surface area contributed by atoms with Crippen LogP contribution >= 0.6 is 0 Å². The number of oxazole rings is 1. The number of alkyl halides is 2. The van der Waals surface area contributed by atoms with Crippen LogP contribution in [0.2, 0.25) is 0 Å². The molecule has 0 bridgehead atoms. The largest absolute Gasteiger partial charge is 0.451 e. The number of carbonyl (C=O) groups excluding carboxylic acids is 1. The minimum atomic E-state index is -2.68. The maximum atomic E-state index is 13.7. The number of amides is 1. The van der Waals surface area contributed by atoms with Crippen molar-refractivity contribution in [2.75, 3.05) is 32.8 Å². The van der Waals surface area contributed by atoms with Gasteiger partial charge in [-0.2, -0.15) is 0 Å². The Kier molecular flexibility index (Phi) is 4.14. The van der Waals surface area contributed by atoms with E-state index in [1.807, 2.05) is 6.92 Å². The van der Waals surface area contributed by atoms with Crippen LogP contribution < -0.4 is 0 Å². The van der Waals surface area contributed by atoms with Crippen LogP contribution in [0.5, 0.6) is 0 Å². The number of aromatic nitrogens is 1. The minimum absolute atomic E-state index is 0.0466. The fraction of sp³-hybridized carbons (Fsp3) is 0.714. The highest BCUT2D eigenvalue weighted by atomic mass is 19.3. The van der Waals surface area contributed by atoms with Crippen molar-refractivity contribution in [1.29, 1.82) is 0 Å². The third-order valence-corrected chi connectivity index (χ3v) is 4.20. The van der Waals surface area contributed by atoms with E-state index in [2.05, 4.69) is 4.98 Å². The molecule has 2 aliphatic heterocycles. The first-order valence-corrected chi connectivity index (χ1v) is 7.39. The van der Waals surface area contributed by atoms with Gasteiger partial charge in [0.05, 0.1) is 13.2 Å². The first-order valence-electron chi connectivity index (χ1n) is 7.39. The van der Waals surface area contributed by atoms with Gasteiger partial charge >= 0.3 is 0 Å². The van der Waals surface area contributed by atoms with E-state index in [-0.39, 0.29) is 36.7 Å². The maximum Gasteiger partial charge on any atom is 0.275 e. The summed E-state index contributed by atoms with van der Waals surface area (Å²) in [4.78, 5) is 19.2. The van der Waals surface area contributed by atoms with E-state index >= 15 is 0 Å². The lowest BCUT2D eigenvalue weighted by Crippen LogP contribution is -2.62. The van der Waals surface area contributed by atoms with Crippen LogP contribution in [0, 0.1) is 0 Å². The molecule has 6 nitrogen and oxygen atoms in total. The lowest BCUT2D eigenvalue weighted by atomic mass is 10.1. The molecule has 22 heavy (non-hydrogen) atoms. The zero-order valence-electron chi connectivity index (χ0n) is 12.4. The SMILES string of the molecule is CCOC[C@@H]1CC(F)(F)CN1C1CN(C(=O)c2cocn2)C1. The Bertz CT molecular complexity index is 517. The van der Waals surface area contributed by atoms with E-state index in [0.717, 1.165) is 0 Å². The first kappa shape index (κ1) is 15.4. The molecule has 0 unspecified atom stereocenters. The van der Waals surface area contributed by atoms with Gasteiger partial charge in [0.25, 0.3) is 11.8 Å². The van der Waals surface area contributed by atoms with Gasteiger partial charge in [0.1, 0.15) is 6.26 Å². The Morgan fingerprint density at radius 1 is 1.55 bits per heavy atom. The summed E-state index contributed by atoms with van der Waals surface area (Å²) in [5.74, 6) is -2.91. The standard InChI is InChI=1S/C14H19F2N3O3/c1-2-21-6-10-3-14(15,16)8-19(10)11-4-18(5-11)13(20)12-7-22-9-17-12/h7,9-11H,2-6,8H2,1H3/t10-/m0/s1. The molecule has 3 heterocycles. The topological polar surface area (TPSA) is 58.8 Å². The molecule has 0 aliphatic carbocycles. The van der Waals surface area contributed by atoms with Crippen molar-refractivity contribution < 1.29 is 22.7 Å². The smallest absolute Gasteiger partial charge is 0.275 e. The summed E-state index contributed by atoms with van der Waals surface area (Å²) in [6.07, 6.45) is 2.31. The lowest BCUT2D eigenvalue weighted by Gasteiger charge is -2.45. The molecule has 0 saturated carbocycles. The van der Waals surface area contributed by atoms with Gasteiger partial charge in [-0.25, -0.2) is 13.8 Å². The second kappa shape index (κ2) is 5.92. The van der Waals surface area contributed by atoms with Crippen molar-refractivity contribution in [2.24, 2.45) is 0 Å². The van der Waals surface area contributed by atoms with Gasteiger partial charge in [0, 0.05) is 38.2 Å². The molecule has 1 atom stereocenters. The normalized spacial score (nSPS) is 25.4. The zero-order chi connectivity index (χ0) is 15.7. The van der Waals surface area contributed by atoms with Gasteiger partial charge in [0.2, 0.25) is 0 Å². The minimum Gasteiger partial charge on any atom is -0.451 e. The van der Waals surface area contributed by atoms with Gasteiger partial charge in [0.15, 0.2) is 12.1 Å². The summed E-state index contributed by atoms with van der Waals surface area (Å²) >= 11 is 0. The predicted molar refractivity (Wildman–Crippen MR) is 72.7 cm³/mol. The number of hydrogen-bond acceptors (Lipinski definition) is 5. The highest BCUT2D eigenvalue weighted by Gasteiger charge is 2.50. The third-order valence-electron chi connectivity index (χ3n) is 4.20. The number of ether oxygens (including phenoxy) is 1. The van der Waals surface area contributed by atoms with Gasteiger partial charge in [-0.3, -0.25) is 9.69 Å². The molecule has 0 N–H and O–H groups in total. The fourth-order valence-corrected chi connectivity index (χ4v) is 3.07. The average Bonchev–Trinajstić information content (AvgIpc) is 3.02. The van der Waals surface area contributed by atoms with Crippen LogP contribution in [0.3, 0.4) is 0 Å². The van der Waals surface area contributed by atoms with E-state index in [4.69, 9.17) is 9.15 Å². The molecule has 0 radical (unpaired) electrons. The molecule has 0 spiro atoms. The molecule has 1 aromatic heterocycles. The van der Waals surface area contributed by atoms with Gasteiger partial charge in [-0.15, -0.1) is 0 Å². The monoisotopic (exact) mass is 315 g/mol. The summed E-state index contributed by atoms with van der Waals surface area (Å²) in [7, 11) is 0. The van der Waals surface area contributed by atoms with Crippen LogP contribution in [0.25, 0.3) is 0 Å². The van der Waals surface area contributed by atoms with Crippen LogP contribution in [-0.2, 0) is 4.74 Å². The second-order valence-electron chi connectivity index (χ2n) is 5.78. The zero-order valence-corrected chi connectivity index (χ0v) is 12.4. The molecule has 2 aliphatic rings. The highest BCUT2D eigenvalue weighted by molar-refractivity contribution is 5.92. The summed E-state index contributed by atoms with van der Waals surface area (Å²) < 4.78 is 37.4. The Morgan fingerprint density at radius 2 is 2.32 bits per heavy atom.